The highest BCUT2D eigenvalue weighted by Crippen LogP contribution is 2.25. The third-order valence-corrected chi connectivity index (χ3v) is 4.32. The van der Waals surface area contributed by atoms with Crippen molar-refractivity contribution in [3.8, 4) is 0 Å². The van der Waals surface area contributed by atoms with E-state index in [-0.39, 0.29) is 12.5 Å². The Bertz CT molecular complexity index is 796. The van der Waals surface area contributed by atoms with Crippen LogP contribution >= 0.6 is 0 Å². The first-order valence-electron chi connectivity index (χ1n) is 8.69. The Labute approximate surface area is 151 Å². The fourth-order valence-corrected chi connectivity index (χ4v) is 3.03. The Morgan fingerprint density at radius 1 is 1.23 bits per heavy atom. The van der Waals surface area contributed by atoms with Gasteiger partial charge < -0.3 is 25.8 Å². The lowest BCUT2D eigenvalue weighted by molar-refractivity contribution is -0.114. The fraction of sp³-hybridized carbons (Fsp3) is 0.389. The number of anilines is 3. The second-order valence-corrected chi connectivity index (χ2v) is 6.37. The minimum atomic E-state index is -0.529. The molecular formula is C18H23N5O3. The van der Waals surface area contributed by atoms with Crippen molar-refractivity contribution in [1.29, 1.82) is 0 Å². The van der Waals surface area contributed by atoms with Gasteiger partial charge in [-0.05, 0) is 44.4 Å². The molecule has 2 aromatic rings. The van der Waals surface area contributed by atoms with E-state index in [0.29, 0.717) is 22.8 Å². The molecule has 0 atom stereocenters. The van der Waals surface area contributed by atoms with E-state index in [2.05, 4.69) is 20.7 Å². The molecule has 0 unspecified atom stereocenters. The van der Waals surface area contributed by atoms with Crippen LogP contribution in [0.5, 0.6) is 0 Å². The molecule has 1 aliphatic heterocycles. The van der Waals surface area contributed by atoms with Gasteiger partial charge in [-0.1, -0.05) is 5.16 Å². The molecule has 0 aliphatic carbocycles. The molecule has 0 saturated carbocycles. The van der Waals surface area contributed by atoms with Gasteiger partial charge in [0.2, 0.25) is 5.91 Å². The smallest absolute Gasteiger partial charge is 0.250 e. The number of nitrogens with two attached hydrogens (primary N) is 1. The summed E-state index contributed by atoms with van der Waals surface area (Å²) in [6.07, 6.45) is 3.53. The van der Waals surface area contributed by atoms with Crippen molar-refractivity contribution in [2.45, 2.75) is 26.2 Å². The molecule has 26 heavy (non-hydrogen) atoms. The van der Waals surface area contributed by atoms with Gasteiger partial charge in [-0.3, -0.25) is 9.59 Å². The van der Waals surface area contributed by atoms with Gasteiger partial charge in [0, 0.05) is 30.5 Å². The topological polar surface area (TPSA) is 113 Å². The van der Waals surface area contributed by atoms with E-state index in [1.807, 2.05) is 6.07 Å². The predicted octanol–water partition coefficient (Wildman–Crippen LogP) is 2.12. The molecule has 8 nitrogen and oxygen atoms in total. The van der Waals surface area contributed by atoms with Crippen LogP contribution in [0.15, 0.2) is 28.8 Å². The number of primary amides is 1. The summed E-state index contributed by atoms with van der Waals surface area (Å²) in [5.74, 6) is 0.134. The van der Waals surface area contributed by atoms with Gasteiger partial charge in [0.05, 0.1) is 12.1 Å². The zero-order valence-corrected chi connectivity index (χ0v) is 14.7. The molecule has 4 N–H and O–H groups in total. The number of hydrogen-bond acceptors (Lipinski definition) is 6. The van der Waals surface area contributed by atoms with Crippen LogP contribution in [0.1, 0.15) is 35.4 Å². The fourth-order valence-electron chi connectivity index (χ4n) is 3.03. The van der Waals surface area contributed by atoms with Crippen LogP contribution < -0.4 is 21.3 Å². The molecule has 2 amide bonds. The maximum atomic E-state index is 12.0. The molecule has 1 saturated heterocycles. The monoisotopic (exact) mass is 357 g/mol. The molecule has 3 rings (SSSR count). The van der Waals surface area contributed by atoms with Crippen molar-refractivity contribution < 1.29 is 14.1 Å². The highest BCUT2D eigenvalue weighted by atomic mass is 16.5. The molecule has 0 bridgehead atoms. The summed E-state index contributed by atoms with van der Waals surface area (Å²) in [7, 11) is 0. The third kappa shape index (κ3) is 4.33. The Hall–Kier alpha value is -3.03. The maximum absolute atomic E-state index is 12.0. The van der Waals surface area contributed by atoms with Gasteiger partial charge in [-0.25, -0.2) is 0 Å². The van der Waals surface area contributed by atoms with Crippen LogP contribution in [0.25, 0.3) is 0 Å². The number of aryl methyl sites for hydroxylation is 1. The van der Waals surface area contributed by atoms with Crippen molar-refractivity contribution >= 4 is 29.0 Å². The van der Waals surface area contributed by atoms with Crippen molar-refractivity contribution in [3.05, 3.63) is 35.6 Å². The number of benzene rings is 1. The average Bonchev–Trinajstić information content (AvgIpc) is 3.05. The van der Waals surface area contributed by atoms with Crippen LogP contribution in [-0.2, 0) is 4.79 Å². The van der Waals surface area contributed by atoms with Crippen molar-refractivity contribution in [2.24, 2.45) is 5.73 Å². The van der Waals surface area contributed by atoms with Crippen LogP contribution in [-0.4, -0.2) is 36.6 Å². The largest absolute Gasteiger partial charge is 0.375 e. The molecular weight excluding hydrogens is 334 g/mol. The summed E-state index contributed by atoms with van der Waals surface area (Å²) in [5, 5.41) is 9.28. The number of aromatic nitrogens is 1. The number of carbonyl (C=O) groups is 2. The standard InChI is InChI=1S/C18H23N5O3/c1-12-9-16(22-26-12)21-17(24)11-20-15-6-5-13(10-14(15)18(19)25)23-7-3-2-4-8-23/h5-6,9-10,20H,2-4,7-8,11H2,1H3,(H2,19,25)(H,21,22,24). The molecule has 1 aliphatic rings. The van der Waals surface area contributed by atoms with E-state index >= 15 is 0 Å². The molecule has 1 fully saturated rings. The number of nitrogens with one attached hydrogen (secondary N) is 2. The molecule has 1 aromatic carbocycles. The Morgan fingerprint density at radius 2 is 2.00 bits per heavy atom. The SMILES string of the molecule is Cc1cc(NC(=O)CNc2ccc(N3CCCCC3)cc2C(N)=O)no1. The Morgan fingerprint density at radius 3 is 2.65 bits per heavy atom. The predicted molar refractivity (Wildman–Crippen MR) is 99.4 cm³/mol. The summed E-state index contributed by atoms with van der Waals surface area (Å²) in [6, 6.07) is 7.14. The zero-order valence-electron chi connectivity index (χ0n) is 14.7. The van der Waals surface area contributed by atoms with Crippen LogP contribution in [0.3, 0.4) is 0 Å². The highest BCUT2D eigenvalue weighted by Gasteiger charge is 2.16. The van der Waals surface area contributed by atoms with Crippen molar-refractivity contribution in [1.82, 2.24) is 5.16 Å². The number of hydrogen-bond donors (Lipinski definition) is 3. The van der Waals surface area contributed by atoms with Gasteiger partial charge in [-0.2, -0.15) is 0 Å². The summed E-state index contributed by atoms with van der Waals surface area (Å²) in [6.45, 7) is 3.67. The van der Waals surface area contributed by atoms with Gasteiger partial charge >= 0.3 is 0 Å². The van der Waals surface area contributed by atoms with E-state index in [1.165, 1.54) is 6.42 Å². The van der Waals surface area contributed by atoms with Gasteiger partial charge in [0.1, 0.15) is 5.76 Å². The Balaban J connectivity index is 1.66. The van der Waals surface area contributed by atoms with E-state index in [4.69, 9.17) is 10.3 Å². The minimum absolute atomic E-state index is 0.0186. The van der Waals surface area contributed by atoms with E-state index in [1.54, 1.807) is 25.1 Å². The lowest BCUT2D eigenvalue weighted by Crippen LogP contribution is -2.30. The second kappa shape index (κ2) is 7.90. The summed E-state index contributed by atoms with van der Waals surface area (Å²) < 4.78 is 4.90. The first-order valence-corrected chi connectivity index (χ1v) is 8.69. The zero-order chi connectivity index (χ0) is 18.5. The number of carbonyl (C=O) groups excluding carboxylic acids is 2. The first kappa shape index (κ1) is 17.8. The second-order valence-electron chi connectivity index (χ2n) is 6.37. The van der Waals surface area contributed by atoms with Gasteiger partial charge in [-0.15, -0.1) is 0 Å². The minimum Gasteiger partial charge on any atom is -0.375 e. The number of nitrogens with zero attached hydrogens (tertiary/aromatic N) is 2. The molecule has 0 spiro atoms. The lowest BCUT2D eigenvalue weighted by Gasteiger charge is -2.29. The molecule has 0 radical (unpaired) electrons. The van der Waals surface area contributed by atoms with Crippen molar-refractivity contribution in [2.75, 3.05) is 35.2 Å². The van der Waals surface area contributed by atoms with E-state index in [9.17, 15) is 9.59 Å². The van der Waals surface area contributed by atoms with Crippen LogP contribution in [0.2, 0.25) is 0 Å². The molecule has 1 aromatic heterocycles. The van der Waals surface area contributed by atoms with Crippen LogP contribution in [0, 0.1) is 6.92 Å². The number of amides is 2. The molecule has 2 heterocycles. The summed E-state index contributed by atoms with van der Waals surface area (Å²) in [5.41, 5.74) is 7.41. The van der Waals surface area contributed by atoms with Gasteiger partial charge in [0.25, 0.3) is 5.91 Å². The lowest BCUT2D eigenvalue weighted by atomic mass is 10.1. The van der Waals surface area contributed by atoms with Crippen molar-refractivity contribution in [3.63, 3.8) is 0 Å². The maximum Gasteiger partial charge on any atom is 0.250 e. The quantitative estimate of drug-likeness (QED) is 0.730. The van der Waals surface area contributed by atoms with E-state index in [0.717, 1.165) is 31.6 Å². The molecule has 138 valence electrons. The summed E-state index contributed by atoms with van der Waals surface area (Å²) in [4.78, 5) is 26.1. The number of piperidine rings is 1. The third-order valence-electron chi connectivity index (χ3n) is 4.32. The van der Waals surface area contributed by atoms with Crippen LogP contribution in [0.4, 0.5) is 17.2 Å². The van der Waals surface area contributed by atoms with Gasteiger partial charge in [0.15, 0.2) is 5.82 Å². The normalized spacial score (nSPS) is 14.1. The Kier molecular flexibility index (Phi) is 5.40. The number of rotatable bonds is 6. The highest BCUT2D eigenvalue weighted by molar-refractivity contribution is 6.00. The van der Waals surface area contributed by atoms with E-state index < -0.39 is 5.91 Å². The molecule has 8 heteroatoms. The average molecular weight is 357 g/mol. The first-order chi connectivity index (χ1) is 12.5. The summed E-state index contributed by atoms with van der Waals surface area (Å²) >= 11 is 0.